The standard InChI is InChI=1S/C12H17BrN2O/c1-9-8-10(5-6-11(9)13)15-12(16)4-2-3-7-14/h5-6,8H,2-4,7,14H2,1H3,(H,15,16). The van der Waals surface area contributed by atoms with Crippen LogP contribution in [0.2, 0.25) is 0 Å². The lowest BCUT2D eigenvalue weighted by molar-refractivity contribution is -0.116. The second kappa shape index (κ2) is 6.66. The predicted molar refractivity (Wildman–Crippen MR) is 70.4 cm³/mol. The van der Waals surface area contributed by atoms with Gasteiger partial charge in [0.25, 0.3) is 0 Å². The normalized spacial score (nSPS) is 10.2. The summed E-state index contributed by atoms with van der Waals surface area (Å²) in [5, 5.41) is 2.87. The highest BCUT2D eigenvalue weighted by Crippen LogP contribution is 2.20. The van der Waals surface area contributed by atoms with Crippen LogP contribution in [0.25, 0.3) is 0 Å². The third-order valence-corrected chi connectivity index (χ3v) is 3.19. The number of hydrogen-bond donors (Lipinski definition) is 2. The summed E-state index contributed by atoms with van der Waals surface area (Å²) in [7, 11) is 0. The summed E-state index contributed by atoms with van der Waals surface area (Å²) in [6, 6.07) is 5.77. The fourth-order valence-electron chi connectivity index (χ4n) is 1.38. The summed E-state index contributed by atoms with van der Waals surface area (Å²) in [4.78, 5) is 11.5. The number of halogens is 1. The summed E-state index contributed by atoms with van der Waals surface area (Å²) in [5.41, 5.74) is 7.32. The summed E-state index contributed by atoms with van der Waals surface area (Å²) >= 11 is 3.42. The number of nitrogens with two attached hydrogens (primary N) is 1. The SMILES string of the molecule is Cc1cc(NC(=O)CCCCN)ccc1Br. The zero-order valence-corrected chi connectivity index (χ0v) is 11.0. The number of carbonyl (C=O) groups excluding carboxylic acids is 1. The molecule has 0 spiro atoms. The number of aryl methyl sites for hydroxylation is 1. The van der Waals surface area contributed by atoms with Gasteiger partial charge < -0.3 is 11.1 Å². The van der Waals surface area contributed by atoms with E-state index in [9.17, 15) is 4.79 Å². The lowest BCUT2D eigenvalue weighted by Gasteiger charge is -2.06. The molecule has 0 heterocycles. The molecule has 0 aliphatic carbocycles. The van der Waals surface area contributed by atoms with Crippen molar-refractivity contribution in [3.05, 3.63) is 28.2 Å². The molecule has 1 rings (SSSR count). The second-order valence-corrected chi connectivity index (χ2v) is 4.61. The van der Waals surface area contributed by atoms with Gasteiger partial charge in [0.05, 0.1) is 0 Å². The van der Waals surface area contributed by atoms with E-state index in [0.717, 1.165) is 28.6 Å². The molecule has 0 fully saturated rings. The van der Waals surface area contributed by atoms with Crippen molar-refractivity contribution in [2.24, 2.45) is 5.73 Å². The maximum atomic E-state index is 11.5. The van der Waals surface area contributed by atoms with Gasteiger partial charge in [-0.05, 0) is 50.1 Å². The van der Waals surface area contributed by atoms with Crippen LogP contribution in [-0.2, 0) is 4.79 Å². The van der Waals surface area contributed by atoms with E-state index >= 15 is 0 Å². The van der Waals surface area contributed by atoms with Crippen LogP contribution >= 0.6 is 15.9 Å². The van der Waals surface area contributed by atoms with Gasteiger partial charge in [-0.1, -0.05) is 15.9 Å². The number of benzene rings is 1. The zero-order chi connectivity index (χ0) is 12.0. The molecule has 88 valence electrons. The first kappa shape index (κ1) is 13.2. The number of anilines is 1. The Hall–Kier alpha value is -0.870. The molecule has 0 saturated heterocycles. The smallest absolute Gasteiger partial charge is 0.224 e. The van der Waals surface area contributed by atoms with Gasteiger partial charge in [-0.15, -0.1) is 0 Å². The third-order valence-electron chi connectivity index (χ3n) is 2.30. The minimum atomic E-state index is 0.0511. The molecule has 3 nitrogen and oxygen atoms in total. The van der Waals surface area contributed by atoms with Crippen molar-refractivity contribution in [2.45, 2.75) is 26.2 Å². The van der Waals surface area contributed by atoms with E-state index < -0.39 is 0 Å². The van der Waals surface area contributed by atoms with Crippen molar-refractivity contribution < 1.29 is 4.79 Å². The molecular weight excluding hydrogens is 268 g/mol. The summed E-state index contributed by atoms with van der Waals surface area (Å²) < 4.78 is 1.05. The van der Waals surface area contributed by atoms with Crippen molar-refractivity contribution in [1.29, 1.82) is 0 Å². The molecule has 0 atom stereocenters. The van der Waals surface area contributed by atoms with Crippen molar-refractivity contribution >= 4 is 27.5 Å². The molecule has 0 saturated carbocycles. The van der Waals surface area contributed by atoms with Gasteiger partial charge >= 0.3 is 0 Å². The quantitative estimate of drug-likeness (QED) is 0.817. The first-order valence-electron chi connectivity index (χ1n) is 5.39. The van der Waals surface area contributed by atoms with Crippen LogP contribution in [0.4, 0.5) is 5.69 Å². The van der Waals surface area contributed by atoms with Crippen molar-refractivity contribution in [3.8, 4) is 0 Å². The fraction of sp³-hybridized carbons (Fsp3) is 0.417. The molecule has 4 heteroatoms. The number of hydrogen-bond acceptors (Lipinski definition) is 2. The molecule has 0 aliphatic heterocycles. The molecule has 3 N–H and O–H groups in total. The van der Waals surface area contributed by atoms with Gasteiger partial charge in [-0.2, -0.15) is 0 Å². The fourth-order valence-corrected chi connectivity index (χ4v) is 1.62. The molecule has 1 aromatic rings. The monoisotopic (exact) mass is 284 g/mol. The van der Waals surface area contributed by atoms with E-state index in [0.29, 0.717) is 13.0 Å². The van der Waals surface area contributed by atoms with Gasteiger partial charge in [0.1, 0.15) is 0 Å². The number of nitrogens with one attached hydrogen (secondary N) is 1. The second-order valence-electron chi connectivity index (χ2n) is 3.76. The molecule has 0 radical (unpaired) electrons. The highest BCUT2D eigenvalue weighted by molar-refractivity contribution is 9.10. The minimum absolute atomic E-state index is 0.0511. The first-order valence-corrected chi connectivity index (χ1v) is 6.19. The predicted octanol–water partition coefficient (Wildman–Crippen LogP) is 2.83. The lowest BCUT2D eigenvalue weighted by atomic mass is 10.2. The molecule has 0 aliphatic rings. The van der Waals surface area contributed by atoms with Crippen molar-refractivity contribution in [1.82, 2.24) is 0 Å². The van der Waals surface area contributed by atoms with Crippen LogP contribution in [0.5, 0.6) is 0 Å². The molecule has 16 heavy (non-hydrogen) atoms. The third kappa shape index (κ3) is 4.33. The number of rotatable bonds is 5. The van der Waals surface area contributed by atoms with E-state index in [1.165, 1.54) is 0 Å². The van der Waals surface area contributed by atoms with Crippen LogP contribution in [-0.4, -0.2) is 12.5 Å². The average Bonchev–Trinajstić information content (AvgIpc) is 2.24. The van der Waals surface area contributed by atoms with Crippen LogP contribution in [0.3, 0.4) is 0 Å². The summed E-state index contributed by atoms with van der Waals surface area (Å²) in [5.74, 6) is 0.0511. The van der Waals surface area contributed by atoms with Crippen LogP contribution in [0.15, 0.2) is 22.7 Å². The topological polar surface area (TPSA) is 55.1 Å². The Labute approximate surface area is 105 Å². The Balaban J connectivity index is 2.46. The van der Waals surface area contributed by atoms with Crippen LogP contribution < -0.4 is 11.1 Å². The number of carbonyl (C=O) groups is 1. The van der Waals surface area contributed by atoms with E-state index in [1.807, 2.05) is 25.1 Å². The Morgan fingerprint density at radius 2 is 2.19 bits per heavy atom. The Kier molecular flexibility index (Phi) is 5.49. The number of amides is 1. The molecule has 1 amide bonds. The Morgan fingerprint density at radius 1 is 1.44 bits per heavy atom. The average molecular weight is 285 g/mol. The zero-order valence-electron chi connectivity index (χ0n) is 9.42. The van der Waals surface area contributed by atoms with Crippen molar-refractivity contribution in [3.63, 3.8) is 0 Å². The largest absolute Gasteiger partial charge is 0.330 e. The van der Waals surface area contributed by atoms with Gasteiger partial charge in [0, 0.05) is 16.6 Å². The first-order chi connectivity index (χ1) is 7.63. The molecular formula is C12H17BrN2O. The highest BCUT2D eigenvalue weighted by atomic mass is 79.9. The molecule has 0 bridgehead atoms. The Morgan fingerprint density at radius 3 is 2.81 bits per heavy atom. The van der Waals surface area contributed by atoms with Crippen molar-refractivity contribution in [2.75, 3.05) is 11.9 Å². The Bertz CT molecular complexity index is 366. The van der Waals surface area contributed by atoms with Crippen LogP contribution in [0.1, 0.15) is 24.8 Å². The summed E-state index contributed by atoms with van der Waals surface area (Å²) in [6.45, 7) is 2.64. The summed E-state index contributed by atoms with van der Waals surface area (Å²) in [6.07, 6.45) is 2.27. The van der Waals surface area contributed by atoms with Gasteiger partial charge in [0.15, 0.2) is 0 Å². The van der Waals surface area contributed by atoms with E-state index in [-0.39, 0.29) is 5.91 Å². The van der Waals surface area contributed by atoms with E-state index in [2.05, 4.69) is 21.2 Å². The maximum absolute atomic E-state index is 11.5. The van der Waals surface area contributed by atoms with Gasteiger partial charge in [-0.3, -0.25) is 4.79 Å². The molecule has 1 aromatic carbocycles. The van der Waals surface area contributed by atoms with Gasteiger partial charge in [0.2, 0.25) is 5.91 Å². The molecule has 0 aromatic heterocycles. The van der Waals surface area contributed by atoms with E-state index in [1.54, 1.807) is 0 Å². The lowest BCUT2D eigenvalue weighted by Crippen LogP contribution is -2.12. The maximum Gasteiger partial charge on any atom is 0.224 e. The molecule has 0 unspecified atom stereocenters. The minimum Gasteiger partial charge on any atom is -0.330 e. The van der Waals surface area contributed by atoms with Crippen LogP contribution in [0, 0.1) is 6.92 Å². The van der Waals surface area contributed by atoms with Gasteiger partial charge in [-0.25, -0.2) is 0 Å². The number of unbranched alkanes of at least 4 members (excludes halogenated alkanes) is 1. The van der Waals surface area contributed by atoms with E-state index in [4.69, 9.17) is 5.73 Å². The highest BCUT2D eigenvalue weighted by Gasteiger charge is 2.03.